The fraction of sp³-hybridized carbons (Fsp3) is 0.400. The molecule has 2 heterocycles. The van der Waals surface area contributed by atoms with Crippen LogP contribution in [0.1, 0.15) is 16.8 Å². The SMILES string of the molecule is NCC1CC(=O)N(c2ncncc2C(=O)O)C1. The van der Waals surface area contributed by atoms with Crippen molar-refractivity contribution in [3.05, 3.63) is 18.1 Å². The minimum Gasteiger partial charge on any atom is -0.477 e. The number of carbonyl (C=O) groups is 2. The van der Waals surface area contributed by atoms with E-state index < -0.39 is 5.97 Å². The highest BCUT2D eigenvalue weighted by Gasteiger charge is 2.32. The second-order valence-corrected chi connectivity index (χ2v) is 3.88. The van der Waals surface area contributed by atoms with Crippen LogP contribution in [0.15, 0.2) is 12.5 Å². The lowest BCUT2D eigenvalue weighted by atomic mass is 10.1. The van der Waals surface area contributed by atoms with Crippen LogP contribution in [0, 0.1) is 5.92 Å². The molecule has 1 unspecified atom stereocenters. The van der Waals surface area contributed by atoms with E-state index in [1.54, 1.807) is 0 Å². The Balaban J connectivity index is 2.35. The molecule has 0 radical (unpaired) electrons. The van der Waals surface area contributed by atoms with E-state index in [-0.39, 0.29) is 23.2 Å². The number of carboxylic acid groups (broad SMARTS) is 1. The van der Waals surface area contributed by atoms with E-state index >= 15 is 0 Å². The molecule has 0 saturated carbocycles. The molecule has 1 saturated heterocycles. The molecule has 7 nitrogen and oxygen atoms in total. The monoisotopic (exact) mass is 236 g/mol. The average Bonchev–Trinajstić information content (AvgIpc) is 2.70. The van der Waals surface area contributed by atoms with Crippen LogP contribution < -0.4 is 10.6 Å². The van der Waals surface area contributed by atoms with Gasteiger partial charge in [-0.15, -0.1) is 0 Å². The second kappa shape index (κ2) is 4.46. The van der Waals surface area contributed by atoms with Crippen LogP contribution in [-0.2, 0) is 4.79 Å². The number of hydrogen-bond donors (Lipinski definition) is 2. The van der Waals surface area contributed by atoms with E-state index in [0.29, 0.717) is 19.5 Å². The summed E-state index contributed by atoms with van der Waals surface area (Å²) in [5, 5.41) is 8.99. The zero-order valence-electron chi connectivity index (χ0n) is 9.04. The van der Waals surface area contributed by atoms with Crippen LogP contribution in [0.5, 0.6) is 0 Å². The average molecular weight is 236 g/mol. The molecule has 1 aromatic rings. The van der Waals surface area contributed by atoms with E-state index in [0.717, 1.165) is 0 Å². The fourth-order valence-electron chi connectivity index (χ4n) is 1.83. The zero-order valence-corrected chi connectivity index (χ0v) is 9.04. The molecule has 0 aliphatic carbocycles. The summed E-state index contributed by atoms with van der Waals surface area (Å²) >= 11 is 0. The molecule has 1 fully saturated rings. The predicted molar refractivity (Wildman–Crippen MR) is 58.5 cm³/mol. The van der Waals surface area contributed by atoms with E-state index in [2.05, 4.69) is 9.97 Å². The van der Waals surface area contributed by atoms with Gasteiger partial charge in [0.1, 0.15) is 11.9 Å². The summed E-state index contributed by atoms with van der Waals surface area (Å²) in [6.45, 7) is 0.808. The molecule has 17 heavy (non-hydrogen) atoms. The maximum absolute atomic E-state index is 11.7. The number of aromatic carboxylic acids is 1. The van der Waals surface area contributed by atoms with Crippen molar-refractivity contribution in [3.63, 3.8) is 0 Å². The molecule has 1 aliphatic rings. The topological polar surface area (TPSA) is 109 Å². The highest BCUT2D eigenvalue weighted by Crippen LogP contribution is 2.25. The molecule has 0 bridgehead atoms. The van der Waals surface area contributed by atoms with Crippen molar-refractivity contribution < 1.29 is 14.7 Å². The van der Waals surface area contributed by atoms with Gasteiger partial charge in [-0.25, -0.2) is 14.8 Å². The number of carbonyl (C=O) groups excluding carboxylic acids is 1. The van der Waals surface area contributed by atoms with Crippen LogP contribution in [0.25, 0.3) is 0 Å². The van der Waals surface area contributed by atoms with Crippen molar-refractivity contribution in [1.29, 1.82) is 0 Å². The lowest BCUT2D eigenvalue weighted by Gasteiger charge is -2.16. The van der Waals surface area contributed by atoms with Gasteiger partial charge in [0.25, 0.3) is 0 Å². The van der Waals surface area contributed by atoms with Gasteiger partial charge in [0.15, 0.2) is 5.82 Å². The van der Waals surface area contributed by atoms with Crippen LogP contribution in [-0.4, -0.2) is 40.0 Å². The fourth-order valence-corrected chi connectivity index (χ4v) is 1.83. The Labute approximate surface area is 97.3 Å². The molecule has 1 amide bonds. The number of anilines is 1. The number of rotatable bonds is 3. The Morgan fingerprint density at radius 1 is 1.65 bits per heavy atom. The summed E-state index contributed by atoms with van der Waals surface area (Å²) < 4.78 is 0. The molecule has 1 aromatic heterocycles. The molecule has 3 N–H and O–H groups in total. The minimum atomic E-state index is -1.15. The lowest BCUT2D eigenvalue weighted by Crippen LogP contribution is -2.28. The van der Waals surface area contributed by atoms with Gasteiger partial charge in [-0.3, -0.25) is 9.69 Å². The second-order valence-electron chi connectivity index (χ2n) is 3.88. The van der Waals surface area contributed by atoms with E-state index in [9.17, 15) is 9.59 Å². The quantitative estimate of drug-likeness (QED) is 0.731. The third-order valence-electron chi connectivity index (χ3n) is 2.72. The smallest absolute Gasteiger partial charge is 0.341 e. The van der Waals surface area contributed by atoms with Gasteiger partial charge in [-0.2, -0.15) is 0 Å². The van der Waals surface area contributed by atoms with Crippen molar-refractivity contribution in [2.45, 2.75) is 6.42 Å². The highest BCUT2D eigenvalue weighted by molar-refractivity contribution is 6.01. The maximum atomic E-state index is 11.7. The Bertz CT molecular complexity index is 463. The number of carboxylic acids is 1. The largest absolute Gasteiger partial charge is 0.477 e. The summed E-state index contributed by atoms with van der Waals surface area (Å²) in [6, 6.07) is 0. The van der Waals surface area contributed by atoms with Crippen molar-refractivity contribution in [1.82, 2.24) is 9.97 Å². The van der Waals surface area contributed by atoms with E-state index in [1.165, 1.54) is 17.4 Å². The van der Waals surface area contributed by atoms with Crippen molar-refractivity contribution >= 4 is 17.7 Å². The number of hydrogen-bond acceptors (Lipinski definition) is 5. The van der Waals surface area contributed by atoms with Crippen molar-refractivity contribution in [2.75, 3.05) is 18.0 Å². The normalized spacial score (nSPS) is 19.7. The Morgan fingerprint density at radius 2 is 2.41 bits per heavy atom. The van der Waals surface area contributed by atoms with Gasteiger partial charge in [0, 0.05) is 19.2 Å². The molecule has 1 atom stereocenters. The van der Waals surface area contributed by atoms with E-state index in [1.807, 2.05) is 0 Å². The summed E-state index contributed by atoms with van der Waals surface area (Å²) in [6.07, 6.45) is 2.75. The van der Waals surface area contributed by atoms with Crippen LogP contribution >= 0.6 is 0 Å². The third-order valence-corrected chi connectivity index (χ3v) is 2.72. The first-order valence-corrected chi connectivity index (χ1v) is 5.17. The molecule has 1 aliphatic heterocycles. The number of amides is 1. The number of nitrogens with zero attached hydrogens (tertiary/aromatic N) is 3. The van der Waals surface area contributed by atoms with Crippen LogP contribution in [0.4, 0.5) is 5.82 Å². The summed E-state index contributed by atoms with van der Waals surface area (Å²) in [5.41, 5.74) is 5.44. The van der Waals surface area contributed by atoms with Gasteiger partial charge in [-0.05, 0) is 12.5 Å². The van der Waals surface area contributed by atoms with Gasteiger partial charge < -0.3 is 10.8 Å². The highest BCUT2D eigenvalue weighted by atomic mass is 16.4. The molecule has 0 aromatic carbocycles. The first-order valence-electron chi connectivity index (χ1n) is 5.17. The Kier molecular flexibility index (Phi) is 3.01. The first-order chi connectivity index (χ1) is 8.13. The Morgan fingerprint density at radius 3 is 3.00 bits per heavy atom. The number of aromatic nitrogens is 2. The summed E-state index contributed by atoms with van der Waals surface area (Å²) in [4.78, 5) is 31.6. The van der Waals surface area contributed by atoms with Crippen LogP contribution in [0.2, 0.25) is 0 Å². The molecule has 90 valence electrons. The van der Waals surface area contributed by atoms with Crippen LogP contribution in [0.3, 0.4) is 0 Å². The Hall–Kier alpha value is -2.02. The molecular weight excluding hydrogens is 224 g/mol. The standard InChI is InChI=1S/C10H12N4O3/c11-2-6-1-8(15)14(4-6)9-7(10(16)17)3-12-5-13-9/h3,5-6H,1-2,4,11H2,(H,16,17). The first kappa shape index (κ1) is 11.5. The van der Waals surface area contributed by atoms with Gasteiger partial charge in [0.2, 0.25) is 5.91 Å². The molecule has 7 heteroatoms. The molecular formula is C10H12N4O3. The summed E-state index contributed by atoms with van der Waals surface area (Å²) in [5.74, 6) is -1.10. The maximum Gasteiger partial charge on any atom is 0.341 e. The summed E-state index contributed by atoms with van der Waals surface area (Å²) in [7, 11) is 0. The number of nitrogens with two attached hydrogens (primary N) is 1. The lowest BCUT2D eigenvalue weighted by molar-refractivity contribution is -0.117. The van der Waals surface area contributed by atoms with Gasteiger partial charge >= 0.3 is 5.97 Å². The van der Waals surface area contributed by atoms with Gasteiger partial charge in [-0.1, -0.05) is 0 Å². The molecule has 0 spiro atoms. The third kappa shape index (κ3) is 2.09. The predicted octanol–water partition coefficient (Wildman–Crippen LogP) is -0.514. The van der Waals surface area contributed by atoms with Gasteiger partial charge in [0.05, 0.1) is 0 Å². The van der Waals surface area contributed by atoms with Crippen molar-refractivity contribution in [2.24, 2.45) is 11.7 Å². The minimum absolute atomic E-state index is 0.0547. The van der Waals surface area contributed by atoms with E-state index in [4.69, 9.17) is 10.8 Å². The molecule has 2 rings (SSSR count). The zero-order chi connectivity index (χ0) is 12.4. The van der Waals surface area contributed by atoms with Crippen molar-refractivity contribution in [3.8, 4) is 0 Å².